The normalized spacial score (nSPS) is 26.0. The van der Waals surface area contributed by atoms with Crippen molar-refractivity contribution >= 4 is 5.91 Å². The first-order valence-electron chi connectivity index (χ1n) is 9.15. The van der Waals surface area contributed by atoms with Gasteiger partial charge >= 0.3 is 0 Å². The van der Waals surface area contributed by atoms with Gasteiger partial charge in [0.2, 0.25) is 0 Å². The van der Waals surface area contributed by atoms with Gasteiger partial charge in [-0.3, -0.25) is 14.7 Å². The van der Waals surface area contributed by atoms with Crippen molar-refractivity contribution in [3.63, 3.8) is 0 Å². The zero-order valence-corrected chi connectivity index (χ0v) is 14.7. The van der Waals surface area contributed by atoms with Crippen LogP contribution in [-0.4, -0.2) is 46.9 Å². The third kappa shape index (κ3) is 3.33. The van der Waals surface area contributed by atoms with Gasteiger partial charge in [-0.15, -0.1) is 0 Å². The van der Waals surface area contributed by atoms with Crippen LogP contribution in [0.15, 0.2) is 47.2 Å². The smallest absolute Gasteiger partial charge is 0.272 e. The molecule has 2 aromatic heterocycles. The number of amides is 1. The molecule has 2 aromatic rings. The summed E-state index contributed by atoms with van der Waals surface area (Å²) in [6, 6.07) is 10.0. The van der Waals surface area contributed by atoms with E-state index in [0.29, 0.717) is 23.6 Å². The van der Waals surface area contributed by atoms with Crippen molar-refractivity contribution in [3.8, 4) is 0 Å². The minimum absolute atomic E-state index is 0.0717. The Morgan fingerprint density at radius 3 is 2.96 bits per heavy atom. The van der Waals surface area contributed by atoms with Crippen LogP contribution >= 0.6 is 0 Å². The van der Waals surface area contributed by atoms with E-state index in [1.54, 1.807) is 12.5 Å². The predicted octanol–water partition coefficient (Wildman–Crippen LogP) is 3.05. The van der Waals surface area contributed by atoms with Crippen molar-refractivity contribution < 1.29 is 9.21 Å². The molecule has 0 aromatic carbocycles. The van der Waals surface area contributed by atoms with E-state index in [4.69, 9.17) is 4.42 Å². The number of nitrogens with zero attached hydrogens (tertiary/aromatic N) is 3. The maximum absolute atomic E-state index is 12.8. The summed E-state index contributed by atoms with van der Waals surface area (Å²) in [5.41, 5.74) is 0.557. The highest BCUT2D eigenvalue weighted by molar-refractivity contribution is 5.92. The maximum Gasteiger partial charge on any atom is 0.272 e. The summed E-state index contributed by atoms with van der Waals surface area (Å²) in [7, 11) is 2.18. The second-order valence-corrected chi connectivity index (χ2v) is 7.34. The zero-order valence-electron chi connectivity index (χ0n) is 14.7. The molecule has 1 saturated carbocycles. The SMILES string of the molecule is CN(Cc1ccco1)[C@@H]1CCC[C@H]2CN(C(=O)c3ccccn3)C[C@@H]21. The Morgan fingerprint density at radius 1 is 1.28 bits per heavy atom. The molecule has 0 radical (unpaired) electrons. The average Bonchev–Trinajstić information content (AvgIpc) is 3.30. The van der Waals surface area contributed by atoms with E-state index in [1.165, 1.54) is 19.3 Å². The van der Waals surface area contributed by atoms with Crippen LogP contribution in [0.5, 0.6) is 0 Å². The highest BCUT2D eigenvalue weighted by Gasteiger charge is 2.43. The van der Waals surface area contributed by atoms with Crippen molar-refractivity contribution in [2.75, 3.05) is 20.1 Å². The second-order valence-electron chi connectivity index (χ2n) is 7.34. The van der Waals surface area contributed by atoms with Crippen molar-refractivity contribution in [1.82, 2.24) is 14.8 Å². The van der Waals surface area contributed by atoms with E-state index in [9.17, 15) is 4.79 Å². The number of furan rings is 1. The Balaban J connectivity index is 1.45. The van der Waals surface area contributed by atoms with Gasteiger partial charge in [0.25, 0.3) is 5.91 Å². The summed E-state index contributed by atoms with van der Waals surface area (Å²) < 4.78 is 5.51. The summed E-state index contributed by atoms with van der Waals surface area (Å²) in [4.78, 5) is 21.4. The molecule has 2 fully saturated rings. The molecule has 5 nitrogen and oxygen atoms in total. The molecule has 3 atom stereocenters. The molecule has 1 amide bonds. The lowest BCUT2D eigenvalue weighted by Gasteiger charge is -2.38. The lowest BCUT2D eigenvalue weighted by atomic mass is 9.77. The van der Waals surface area contributed by atoms with E-state index >= 15 is 0 Å². The van der Waals surface area contributed by atoms with Gasteiger partial charge in [-0.05, 0) is 56.0 Å². The van der Waals surface area contributed by atoms with Crippen LogP contribution in [-0.2, 0) is 6.54 Å². The highest BCUT2D eigenvalue weighted by Crippen LogP contribution is 2.39. The molecule has 1 saturated heterocycles. The largest absolute Gasteiger partial charge is 0.468 e. The highest BCUT2D eigenvalue weighted by atomic mass is 16.3. The van der Waals surface area contributed by atoms with Gasteiger partial charge in [0.15, 0.2) is 0 Å². The summed E-state index contributed by atoms with van der Waals surface area (Å²) in [6.45, 7) is 2.54. The maximum atomic E-state index is 12.8. The Labute approximate surface area is 148 Å². The van der Waals surface area contributed by atoms with Crippen LogP contribution < -0.4 is 0 Å². The molecule has 0 unspecified atom stereocenters. The fourth-order valence-corrected chi connectivity index (χ4v) is 4.57. The summed E-state index contributed by atoms with van der Waals surface area (Å²) in [5.74, 6) is 2.22. The van der Waals surface area contributed by atoms with Gasteiger partial charge in [-0.25, -0.2) is 0 Å². The standard InChI is InChI=1S/C20H25N3O2/c1-22(13-16-7-5-11-25-16)19-9-4-6-15-12-23(14-17(15)19)20(24)18-8-2-3-10-21-18/h2-3,5,7-8,10-11,15,17,19H,4,6,9,12-14H2,1H3/t15-,17-,19+/m0/s1. The number of likely N-dealkylation sites (tertiary alicyclic amines) is 1. The van der Waals surface area contributed by atoms with Crippen LogP contribution in [0.25, 0.3) is 0 Å². The van der Waals surface area contributed by atoms with E-state index in [0.717, 1.165) is 25.4 Å². The summed E-state index contributed by atoms with van der Waals surface area (Å²) in [5, 5.41) is 0. The molecule has 0 bridgehead atoms. The number of aromatic nitrogens is 1. The van der Waals surface area contributed by atoms with Crippen LogP contribution in [0.2, 0.25) is 0 Å². The Morgan fingerprint density at radius 2 is 2.20 bits per heavy atom. The predicted molar refractivity (Wildman–Crippen MR) is 94.9 cm³/mol. The number of pyridine rings is 1. The zero-order chi connectivity index (χ0) is 17.2. The molecule has 1 aliphatic carbocycles. The second kappa shape index (κ2) is 7.00. The topological polar surface area (TPSA) is 49.6 Å². The lowest BCUT2D eigenvalue weighted by Crippen LogP contribution is -2.43. The first-order valence-corrected chi connectivity index (χ1v) is 9.15. The molecule has 0 N–H and O–H groups in total. The van der Waals surface area contributed by atoms with Crippen molar-refractivity contribution in [2.24, 2.45) is 11.8 Å². The monoisotopic (exact) mass is 339 g/mol. The van der Waals surface area contributed by atoms with E-state index in [1.807, 2.05) is 35.2 Å². The molecular formula is C20H25N3O2. The Kier molecular flexibility index (Phi) is 4.57. The van der Waals surface area contributed by atoms with Gasteiger partial charge < -0.3 is 9.32 Å². The molecule has 5 heteroatoms. The molecule has 2 aliphatic rings. The van der Waals surface area contributed by atoms with Crippen molar-refractivity contribution in [3.05, 3.63) is 54.2 Å². The molecule has 1 aliphatic heterocycles. The molecule has 4 rings (SSSR count). The van der Waals surface area contributed by atoms with Crippen LogP contribution in [0.1, 0.15) is 35.5 Å². The lowest BCUT2D eigenvalue weighted by molar-refractivity contribution is 0.0761. The van der Waals surface area contributed by atoms with Crippen LogP contribution in [0.4, 0.5) is 0 Å². The third-order valence-corrected chi connectivity index (χ3v) is 5.78. The van der Waals surface area contributed by atoms with Crippen LogP contribution in [0.3, 0.4) is 0 Å². The molecule has 132 valence electrons. The molecule has 0 spiro atoms. The molecule has 25 heavy (non-hydrogen) atoms. The molecular weight excluding hydrogens is 314 g/mol. The first-order chi connectivity index (χ1) is 12.2. The van der Waals surface area contributed by atoms with Gasteiger partial charge in [-0.2, -0.15) is 0 Å². The number of carbonyl (C=O) groups excluding carboxylic acids is 1. The summed E-state index contributed by atoms with van der Waals surface area (Å²) in [6.07, 6.45) is 7.08. The van der Waals surface area contributed by atoms with Gasteiger partial charge in [0, 0.05) is 25.3 Å². The van der Waals surface area contributed by atoms with Gasteiger partial charge in [0.05, 0.1) is 12.8 Å². The third-order valence-electron chi connectivity index (χ3n) is 5.78. The summed E-state index contributed by atoms with van der Waals surface area (Å²) >= 11 is 0. The molecule has 3 heterocycles. The average molecular weight is 339 g/mol. The van der Waals surface area contributed by atoms with Gasteiger partial charge in [0.1, 0.15) is 11.5 Å². The van der Waals surface area contributed by atoms with E-state index < -0.39 is 0 Å². The first kappa shape index (κ1) is 16.3. The number of hydrogen-bond donors (Lipinski definition) is 0. The Hall–Kier alpha value is -2.14. The fraction of sp³-hybridized carbons (Fsp3) is 0.500. The minimum Gasteiger partial charge on any atom is -0.468 e. The van der Waals surface area contributed by atoms with Crippen molar-refractivity contribution in [2.45, 2.75) is 31.8 Å². The number of carbonyl (C=O) groups is 1. The number of fused-ring (bicyclic) bond motifs is 1. The minimum atomic E-state index is 0.0717. The fourth-order valence-electron chi connectivity index (χ4n) is 4.57. The Bertz CT molecular complexity index is 701. The van der Waals surface area contributed by atoms with E-state index in [2.05, 4.69) is 16.9 Å². The number of hydrogen-bond acceptors (Lipinski definition) is 4. The number of rotatable bonds is 4. The van der Waals surface area contributed by atoms with Crippen LogP contribution in [0, 0.1) is 11.8 Å². The quantitative estimate of drug-likeness (QED) is 0.859. The van der Waals surface area contributed by atoms with Gasteiger partial charge in [-0.1, -0.05) is 12.5 Å². The van der Waals surface area contributed by atoms with E-state index in [-0.39, 0.29) is 5.91 Å². The van der Waals surface area contributed by atoms with Crippen molar-refractivity contribution in [1.29, 1.82) is 0 Å².